The van der Waals surface area contributed by atoms with Crippen LogP contribution in [0.5, 0.6) is 0 Å². The van der Waals surface area contributed by atoms with Gasteiger partial charge < -0.3 is 5.32 Å². The molecule has 0 saturated carbocycles. The van der Waals surface area contributed by atoms with Gasteiger partial charge in [-0.1, -0.05) is 74.7 Å². The first kappa shape index (κ1) is 26.5. The van der Waals surface area contributed by atoms with Crippen molar-refractivity contribution in [2.24, 2.45) is 0 Å². The molecule has 2 aromatic carbocycles. The van der Waals surface area contributed by atoms with Crippen LogP contribution in [-0.2, 0) is 6.18 Å². The van der Waals surface area contributed by atoms with Crippen molar-refractivity contribution in [2.75, 3.05) is 0 Å². The van der Waals surface area contributed by atoms with E-state index in [0.29, 0.717) is 22.4 Å². The van der Waals surface area contributed by atoms with Crippen molar-refractivity contribution < 1.29 is 18.0 Å². The lowest BCUT2D eigenvalue weighted by Gasteiger charge is -2.14. The molecule has 33 heavy (non-hydrogen) atoms. The second-order valence-electron chi connectivity index (χ2n) is 7.38. The number of amides is 1. The Hall–Kier alpha value is -2.77. The Morgan fingerprint density at radius 1 is 1.06 bits per heavy atom. The van der Waals surface area contributed by atoms with Crippen LogP contribution >= 0.6 is 12.8 Å². The van der Waals surface area contributed by atoms with Gasteiger partial charge in [0, 0.05) is 17.3 Å². The third-order valence-corrected chi connectivity index (χ3v) is 5.30. The van der Waals surface area contributed by atoms with E-state index in [2.05, 4.69) is 22.9 Å². The van der Waals surface area contributed by atoms with Crippen LogP contribution in [0.15, 0.2) is 84.1 Å². The highest BCUT2D eigenvalue weighted by molar-refractivity contribution is 7.78. The third-order valence-electron chi connectivity index (χ3n) is 4.94. The molecule has 3 nitrogen and oxygen atoms in total. The number of allylic oxidation sites excluding steroid dienone is 3. The Morgan fingerprint density at radius 3 is 2.36 bits per heavy atom. The fourth-order valence-electron chi connectivity index (χ4n) is 3.41. The summed E-state index contributed by atoms with van der Waals surface area (Å²) in [6, 6.07) is 11.9. The van der Waals surface area contributed by atoms with E-state index in [4.69, 9.17) is 0 Å². The Bertz CT molecular complexity index is 1020. The number of rotatable bonds is 4. The highest BCUT2D eigenvalue weighted by Gasteiger charge is 2.30. The van der Waals surface area contributed by atoms with Gasteiger partial charge in [0.25, 0.3) is 5.91 Å². The molecular formula is C26H29F3N2OS. The SMILES string of the molecule is CC.C\C1=C/C(NC(=O)c2ccccc2-c2ccc(C(F)(F)F)cc2)=C\C=C\CC(NS)C1. The molecule has 1 aliphatic carbocycles. The Kier molecular flexibility index (Phi) is 10.0. The molecule has 1 atom stereocenters. The lowest BCUT2D eigenvalue weighted by Crippen LogP contribution is -2.23. The minimum Gasteiger partial charge on any atom is -0.322 e. The number of hydrogen-bond donors (Lipinski definition) is 3. The van der Waals surface area contributed by atoms with E-state index < -0.39 is 11.7 Å². The van der Waals surface area contributed by atoms with Gasteiger partial charge in [0.05, 0.1) is 5.56 Å². The number of carbonyl (C=O) groups excluding carboxylic acids is 1. The number of benzene rings is 2. The molecule has 176 valence electrons. The Labute approximate surface area is 199 Å². The van der Waals surface area contributed by atoms with Crippen LogP contribution in [0.3, 0.4) is 0 Å². The number of nitrogens with one attached hydrogen (secondary N) is 2. The van der Waals surface area contributed by atoms with Crippen LogP contribution in [-0.4, -0.2) is 11.9 Å². The average molecular weight is 475 g/mol. The fraction of sp³-hybridized carbons (Fsp3) is 0.269. The molecule has 1 aliphatic rings. The summed E-state index contributed by atoms with van der Waals surface area (Å²) in [5, 5.41) is 2.91. The summed E-state index contributed by atoms with van der Waals surface area (Å²) in [5.41, 5.74) is 2.48. The predicted molar refractivity (Wildman–Crippen MR) is 132 cm³/mol. The van der Waals surface area contributed by atoms with Gasteiger partial charge >= 0.3 is 6.18 Å². The van der Waals surface area contributed by atoms with Gasteiger partial charge in [0.1, 0.15) is 0 Å². The van der Waals surface area contributed by atoms with Crippen molar-refractivity contribution in [3.63, 3.8) is 0 Å². The number of thiol groups is 1. The van der Waals surface area contributed by atoms with Crippen LogP contribution < -0.4 is 10.0 Å². The summed E-state index contributed by atoms with van der Waals surface area (Å²) in [6.45, 7) is 5.99. The molecule has 0 saturated heterocycles. The first-order chi connectivity index (χ1) is 15.8. The molecule has 2 N–H and O–H groups in total. The molecule has 0 aliphatic heterocycles. The predicted octanol–water partition coefficient (Wildman–Crippen LogP) is 7.11. The highest BCUT2D eigenvalue weighted by Crippen LogP contribution is 2.32. The molecule has 0 heterocycles. The molecule has 0 radical (unpaired) electrons. The molecule has 0 fully saturated rings. The second-order valence-corrected chi connectivity index (χ2v) is 7.64. The lowest BCUT2D eigenvalue weighted by atomic mass is 9.98. The smallest absolute Gasteiger partial charge is 0.322 e. The van der Waals surface area contributed by atoms with E-state index in [1.54, 1.807) is 24.3 Å². The lowest BCUT2D eigenvalue weighted by molar-refractivity contribution is -0.137. The minimum atomic E-state index is -4.40. The van der Waals surface area contributed by atoms with Crippen LogP contribution in [0, 0.1) is 0 Å². The van der Waals surface area contributed by atoms with Crippen molar-refractivity contribution in [2.45, 2.75) is 45.8 Å². The largest absolute Gasteiger partial charge is 0.416 e. The van der Waals surface area contributed by atoms with E-state index in [0.717, 1.165) is 30.5 Å². The van der Waals surface area contributed by atoms with Crippen LogP contribution in [0.4, 0.5) is 13.2 Å². The number of carbonyl (C=O) groups is 1. The maximum atomic E-state index is 13.0. The second kappa shape index (κ2) is 12.5. The van der Waals surface area contributed by atoms with Crippen LogP contribution in [0.1, 0.15) is 49.5 Å². The van der Waals surface area contributed by atoms with Gasteiger partial charge in [-0.3, -0.25) is 9.52 Å². The monoisotopic (exact) mass is 474 g/mol. The topological polar surface area (TPSA) is 41.1 Å². The zero-order valence-electron chi connectivity index (χ0n) is 18.9. The molecule has 1 unspecified atom stereocenters. The fourth-order valence-corrected chi connectivity index (χ4v) is 3.60. The summed E-state index contributed by atoms with van der Waals surface area (Å²) in [4.78, 5) is 13.0. The molecule has 0 spiro atoms. The van der Waals surface area contributed by atoms with Gasteiger partial charge in [-0.15, -0.1) is 0 Å². The normalized spacial score (nSPS) is 20.4. The standard InChI is InChI=1S/C24H23F3N2OS.C2H6/c1-16-14-19(6-2-3-7-20(15-16)29-31)28-23(30)22-9-5-4-8-21(22)17-10-12-18(13-11-17)24(25,26)27;1-2/h2-6,8-14,20,29,31H,7,15H2,1H3,(H,28,30);1-2H3/b3-2+,16-14+,19-6+;. The molecule has 7 heteroatoms. The molecule has 0 bridgehead atoms. The van der Waals surface area contributed by atoms with Gasteiger partial charge in [-0.25, -0.2) is 0 Å². The van der Waals surface area contributed by atoms with E-state index in [9.17, 15) is 18.0 Å². The van der Waals surface area contributed by atoms with E-state index in [-0.39, 0.29) is 11.9 Å². The van der Waals surface area contributed by atoms with Gasteiger partial charge in [-0.2, -0.15) is 13.2 Å². The van der Waals surface area contributed by atoms with E-state index >= 15 is 0 Å². The van der Waals surface area contributed by atoms with Crippen LogP contribution in [0.25, 0.3) is 11.1 Å². The molecule has 1 amide bonds. The van der Waals surface area contributed by atoms with Gasteiger partial charge in [0.2, 0.25) is 0 Å². The molecular weight excluding hydrogens is 445 g/mol. The zero-order chi connectivity index (χ0) is 24.4. The average Bonchev–Trinajstić information content (AvgIpc) is 2.89. The Balaban J connectivity index is 0.00000187. The quantitative estimate of drug-likeness (QED) is 0.413. The minimum absolute atomic E-state index is 0.194. The summed E-state index contributed by atoms with van der Waals surface area (Å²) < 4.78 is 41.6. The number of halogens is 3. The maximum absolute atomic E-state index is 13.0. The summed E-state index contributed by atoms with van der Waals surface area (Å²) >= 11 is 4.16. The molecule has 0 aromatic heterocycles. The number of alkyl halides is 3. The van der Waals surface area contributed by atoms with Gasteiger partial charge in [0.15, 0.2) is 0 Å². The first-order valence-corrected chi connectivity index (χ1v) is 11.2. The van der Waals surface area contributed by atoms with Crippen molar-refractivity contribution in [3.05, 3.63) is 95.2 Å². The van der Waals surface area contributed by atoms with E-state index in [1.165, 1.54) is 12.1 Å². The maximum Gasteiger partial charge on any atom is 0.416 e. The van der Waals surface area contributed by atoms with Crippen molar-refractivity contribution in [3.8, 4) is 11.1 Å². The highest BCUT2D eigenvalue weighted by atomic mass is 32.1. The molecule has 3 rings (SSSR count). The summed E-state index contributed by atoms with van der Waals surface area (Å²) in [5.74, 6) is -0.331. The molecule has 2 aromatic rings. The summed E-state index contributed by atoms with van der Waals surface area (Å²) in [6.07, 6.45) is 4.80. The van der Waals surface area contributed by atoms with Crippen molar-refractivity contribution >= 4 is 18.7 Å². The Morgan fingerprint density at radius 2 is 1.73 bits per heavy atom. The zero-order valence-corrected chi connectivity index (χ0v) is 19.8. The van der Waals surface area contributed by atoms with Crippen molar-refractivity contribution in [1.82, 2.24) is 10.0 Å². The van der Waals surface area contributed by atoms with Gasteiger partial charge in [-0.05, 0) is 61.2 Å². The van der Waals surface area contributed by atoms with E-state index in [1.807, 2.05) is 45.1 Å². The van der Waals surface area contributed by atoms with Crippen LogP contribution in [0.2, 0.25) is 0 Å². The number of hydrogen-bond acceptors (Lipinski definition) is 3. The third kappa shape index (κ3) is 7.65. The summed E-state index contributed by atoms with van der Waals surface area (Å²) in [7, 11) is 0. The first-order valence-electron chi connectivity index (χ1n) is 10.8. The van der Waals surface area contributed by atoms with Crippen molar-refractivity contribution in [1.29, 1.82) is 0 Å².